The maximum Gasteiger partial charge on any atom is 0.220 e. The van der Waals surface area contributed by atoms with Crippen molar-refractivity contribution < 1.29 is 9.21 Å². The summed E-state index contributed by atoms with van der Waals surface area (Å²) in [5.41, 5.74) is 0.847. The summed E-state index contributed by atoms with van der Waals surface area (Å²) in [7, 11) is 0. The summed E-state index contributed by atoms with van der Waals surface area (Å²) >= 11 is 0. The van der Waals surface area contributed by atoms with E-state index in [1.165, 1.54) is 0 Å². The van der Waals surface area contributed by atoms with Gasteiger partial charge in [-0.15, -0.1) is 0 Å². The Morgan fingerprint density at radius 2 is 2.21 bits per heavy atom. The van der Waals surface area contributed by atoms with Crippen molar-refractivity contribution in [2.45, 2.75) is 40.2 Å². The van der Waals surface area contributed by atoms with E-state index in [9.17, 15) is 4.79 Å². The van der Waals surface area contributed by atoms with Gasteiger partial charge < -0.3 is 9.73 Å². The van der Waals surface area contributed by atoms with Gasteiger partial charge in [0.1, 0.15) is 5.76 Å². The number of oxazole rings is 1. The number of nitrogens with one attached hydrogen (secondary N) is 1. The number of amides is 1. The molecule has 1 rings (SSSR count). The van der Waals surface area contributed by atoms with Gasteiger partial charge in [-0.25, -0.2) is 4.98 Å². The minimum Gasteiger partial charge on any atom is -0.444 e. The van der Waals surface area contributed by atoms with Crippen LogP contribution in [0.5, 0.6) is 0 Å². The number of hydrogen-bond acceptors (Lipinski definition) is 3. The number of aryl methyl sites for hydroxylation is 2. The van der Waals surface area contributed by atoms with E-state index >= 15 is 0 Å². The molecule has 0 unspecified atom stereocenters. The van der Waals surface area contributed by atoms with Gasteiger partial charge in [0.15, 0.2) is 5.89 Å². The average Bonchev–Trinajstić information content (AvgIpc) is 2.42. The number of nitrogens with zero attached hydrogens (tertiary/aromatic N) is 1. The van der Waals surface area contributed by atoms with Gasteiger partial charge in [0.2, 0.25) is 5.91 Å². The lowest BCUT2D eigenvalue weighted by Crippen LogP contribution is -2.22. The van der Waals surface area contributed by atoms with Crippen molar-refractivity contribution in [1.29, 1.82) is 0 Å². The molecular weight excluding hydrogens is 180 g/mol. The Morgan fingerprint density at radius 1 is 1.50 bits per heavy atom. The van der Waals surface area contributed by atoms with Gasteiger partial charge in [0.05, 0.1) is 12.2 Å². The quantitative estimate of drug-likeness (QED) is 0.797. The molecule has 0 aliphatic heterocycles. The molecule has 0 aliphatic rings. The third-order valence-corrected chi connectivity index (χ3v) is 1.92. The maximum atomic E-state index is 11.2. The summed E-state index contributed by atoms with van der Waals surface area (Å²) in [6, 6.07) is 0. The monoisotopic (exact) mass is 196 g/mol. The molecule has 4 heteroatoms. The van der Waals surface area contributed by atoms with Crippen molar-refractivity contribution in [2.24, 2.45) is 0 Å². The normalized spacial score (nSPS) is 10.2. The summed E-state index contributed by atoms with van der Waals surface area (Å²) in [4.78, 5) is 15.3. The Kier molecular flexibility index (Phi) is 3.68. The van der Waals surface area contributed by atoms with Gasteiger partial charge in [-0.2, -0.15) is 0 Å². The molecule has 0 spiro atoms. The topological polar surface area (TPSA) is 55.1 Å². The van der Waals surface area contributed by atoms with Crippen molar-refractivity contribution in [3.63, 3.8) is 0 Å². The highest BCUT2D eigenvalue weighted by Crippen LogP contribution is 2.08. The van der Waals surface area contributed by atoms with Crippen LogP contribution in [0.2, 0.25) is 0 Å². The lowest BCUT2D eigenvalue weighted by atomic mass is 10.3. The maximum absolute atomic E-state index is 11.2. The number of rotatable bonds is 4. The van der Waals surface area contributed by atoms with E-state index in [1.54, 1.807) is 6.92 Å². The summed E-state index contributed by atoms with van der Waals surface area (Å²) in [6.07, 6.45) is 1.42. The van der Waals surface area contributed by atoms with E-state index in [4.69, 9.17) is 4.42 Å². The first-order chi connectivity index (χ1) is 6.63. The van der Waals surface area contributed by atoms with Gasteiger partial charge in [0.25, 0.3) is 0 Å². The largest absolute Gasteiger partial charge is 0.444 e. The third-order valence-electron chi connectivity index (χ3n) is 1.92. The summed E-state index contributed by atoms with van der Waals surface area (Å²) in [5.74, 6) is 1.44. The Hall–Kier alpha value is -1.32. The van der Waals surface area contributed by atoms with E-state index in [-0.39, 0.29) is 5.91 Å². The molecule has 0 radical (unpaired) electrons. The Labute approximate surface area is 83.7 Å². The van der Waals surface area contributed by atoms with E-state index in [0.717, 1.165) is 17.9 Å². The zero-order chi connectivity index (χ0) is 10.6. The van der Waals surface area contributed by atoms with Gasteiger partial charge in [-0.1, -0.05) is 6.92 Å². The Morgan fingerprint density at radius 3 is 2.71 bits per heavy atom. The number of aromatic nitrogens is 1. The SMILES string of the molecule is CCCC(=O)NCc1oc(C)nc1C. The van der Waals surface area contributed by atoms with Gasteiger partial charge in [-0.05, 0) is 13.3 Å². The highest BCUT2D eigenvalue weighted by Gasteiger charge is 2.07. The molecule has 1 N–H and O–H groups in total. The van der Waals surface area contributed by atoms with Crippen LogP contribution < -0.4 is 5.32 Å². The molecule has 78 valence electrons. The number of carbonyl (C=O) groups is 1. The van der Waals surface area contributed by atoms with E-state index in [1.807, 2.05) is 13.8 Å². The fraction of sp³-hybridized carbons (Fsp3) is 0.600. The molecule has 0 atom stereocenters. The van der Waals surface area contributed by atoms with E-state index < -0.39 is 0 Å². The second-order valence-corrected chi connectivity index (χ2v) is 3.27. The fourth-order valence-corrected chi connectivity index (χ4v) is 1.23. The van der Waals surface area contributed by atoms with Crippen LogP contribution in [0.3, 0.4) is 0 Å². The van der Waals surface area contributed by atoms with Crippen LogP contribution in [0.15, 0.2) is 4.42 Å². The molecule has 1 amide bonds. The zero-order valence-corrected chi connectivity index (χ0v) is 8.89. The van der Waals surface area contributed by atoms with Gasteiger partial charge in [0, 0.05) is 13.3 Å². The van der Waals surface area contributed by atoms with Gasteiger partial charge in [-0.3, -0.25) is 4.79 Å². The van der Waals surface area contributed by atoms with Crippen molar-refractivity contribution in [2.75, 3.05) is 0 Å². The van der Waals surface area contributed by atoms with Crippen molar-refractivity contribution in [1.82, 2.24) is 10.3 Å². The summed E-state index contributed by atoms with van der Waals surface area (Å²) in [5, 5.41) is 2.78. The van der Waals surface area contributed by atoms with Crippen molar-refractivity contribution in [3.05, 3.63) is 17.3 Å². The molecule has 0 aromatic carbocycles. The molecule has 1 heterocycles. The van der Waals surface area contributed by atoms with Crippen LogP contribution in [0.4, 0.5) is 0 Å². The molecule has 0 bridgehead atoms. The molecule has 1 aromatic rings. The molecule has 0 saturated carbocycles. The average molecular weight is 196 g/mol. The molecule has 4 nitrogen and oxygen atoms in total. The second-order valence-electron chi connectivity index (χ2n) is 3.27. The highest BCUT2D eigenvalue weighted by molar-refractivity contribution is 5.75. The first-order valence-corrected chi connectivity index (χ1v) is 4.83. The second kappa shape index (κ2) is 4.79. The molecule has 0 aliphatic carbocycles. The van der Waals surface area contributed by atoms with Crippen molar-refractivity contribution in [3.8, 4) is 0 Å². The highest BCUT2D eigenvalue weighted by atomic mass is 16.4. The summed E-state index contributed by atoms with van der Waals surface area (Å²) in [6.45, 7) is 6.08. The number of carbonyl (C=O) groups excluding carboxylic acids is 1. The van der Waals surface area contributed by atoms with Crippen LogP contribution in [0.25, 0.3) is 0 Å². The predicted molar refractivity (Wildman–Crippen MR) is 52.7 cm³/mol. The number of hydrogen-bond donors (Lipinski definition) is 1. The van der Waals surface area contributed by atoms with Crippen LogP contribution in [0.1, 0.15) is 37.1 Å². The standard InChI is InChI=1S/C10H16N2O2/c1-4-5-10(13)11-6-9-7(2)12-8(3)14-9/h4-6H2,1-3H3,(H,11,13). The van der Waals surface area contributed by atoms with Crippen molar-refractivity contribution >= 4 is 5.91 Å². The Balaban J connectivity index is 2.45. The molecule has 0 saturated heterocycles. The molecule has 1 aromatic heterocycles. The molecule has 0 fully saturated rings. The lowest BCUT2D eigenvalue weighted by molar-refractivity contribution is -0.121. The fourth-order valence-electron chi connectivity index (χ4n) is 1.23. The van der Waals surface area contributed by atoms with Crippen LogP contribution in [-0.2, 0) is 11.3 Å². The van der Waals surface area contributed by atoms with E-state index in [0.29, 0.717) is 18.9 Å². The minimum absolute atomic E-state index is 0.0564. The van der Waals surface area contributed by atoms with Crippen LogP contribution in [0, 0.1) is 13.8 Å². The lowest BCUT2D eigenvalue weighted by Gasteiger charge is -2.01. The molecule has 14 heavy (non-hydrogen) atoms. The zero-order valence-electron chi connectivity index (χ0n) is 8.89. The predicted octanol–water partition coefficient (Wildman–Crippen LogP) is 1.71. The Bertz CT molecular complexity index is 318. The van der Waals surface area contributed by atoms with Gasteiger partial charge >= 0.3 is 0 Å². The molecular formula is C10H16N2O2. The smallest absolute Gasteiger partial charge is 0.220 e. The summed E-state index contributed by atoms with van der Waals surface area (Å²) < 4.78 is 5.32. The third kappa shape index (κ3) is 2.87. The van der Waals surface area contributed by atoms with Crippen LogP contribution in [-0.4, -0.2) is 10.9 Å². The van der Waals surface area contributed by atoms with Crippen LogP contribution >= 0.6 is 0 Å². The van der Waals surface area contributed by atoms with E-state index in [2.05, 4.69) is 10.3 Å². The first-order valence-electron chi connectivity index (χ1n) is 4.83. The minimum atomic E-state index is 0.0564. The first kappa shape index (κ1) is 10.8.